The van der Waals surface area contributed by atoms with Gasteiger partial charge in [-0.15, -0.1) is 0 Å². The summed E-state index contributed by atoms with van der Waals surface area (Å²) in [5.41, 5.74) is 1.52. The zero-order valence-corrected chi connectivity index (χ0v) is 18.7. The van der Waals surface area contributed by atoms with E-state index in [4.69, 9.17) is 21.1 Å². The van der Waals surface area contributed by atoms with E-state index in [9.17, 15) is 4.79 Å². The van der Waals surface area contributed by atoms with Crippen LogP contribution >= 0.6 is 11.6 Å². The monoisotopic (exact) mass is 450 g/mol. The number of para-hydroxylation sites is 1. The minimum atomic E-state index is -0.0711. The van der Waals surface area contributed by atoms with Gasteiger partial charge in [0, 0.05) is 32.7 Å². The Labute approximate surface area is 194 Å². The van der Waals surface area contributed by atoms with Gasteiger partial charge in [0.05, 0.1) is 23.8 Å². The summed E-state index contributed by atoms with van der Waals surface area (Å²) in [6, 6.07) is 24.7. The highest BCUT2D eigenvalue weighted by atomic mass is 35.5. The van der Waals surface area contributed by atoms with E-state index in [0.29, 0.717) is 23.7 Å². The summed E-state index contributed by atoms with van der Waals surface area (Å²) in [4.78, 5) is 17.6. The minimum absolute atomic E-state index is 0.0711. The molecule has 1 amide bonds. The van der Waals surface area contributed by atoms with Crippen molar-refractivity contribution in [3.8, 4) is 11.5 Å². The molecule has 0 radical (unpaired) electrons. The zero-order chi connectivity index (χ0) is 22.2. The Morgan fingerprint density at radius 1 is 0.938 bits per heavy atom. The van der Waals surface area contributed by atoms with Crippen molar-refractivity contribution in [2.75, 3.05) is 39.4 Å². The lowest BCUT2D eigenvalue weighted by molar-refractivity contribution is 0.0320. The fraction of sp³-hybridized carbons (Fsp3) is 0.269. The molecule has 5 nitrogen and oxygen atoms in total. The summed E-state index contributed by atoms with van der Waals surface area (Å²) < 4.78 is 11.4. The highest BCUT2D eigenvalue weighted by molar-refractivity contribution is 6.33. The van der Waals surface area contributed by atoms with Crippen molar-refractivity contribution in [1.29, 1.82) is 0 Å². The molecular weight excluding hydrogens is 424 g/mol. The van der Waals surface area contributed by atoms with Gasteiger partial charge in [-0.25, -0.2) is 0 Å². The molecule has 6 heteroatoms. The van der Waals surface area contributed by atoms with E-state index in [1.54, 1.807) is 12.1 Å². The van der Waals surface area contributed by atoms with Crippen molar-refractivity contribution in [3.63, 3.8) is 0 Å². The molecule has 0 saturated carbocycles. The molecule has 0 aromatic heterocycles. The van der Waals surface area contributed by atoms with Crippen LogP contribution in [-0.2, 0) is 11.3 Å². The molecular formula is C26H27ClN2O3. The predicted molar refractivity (Wildman–Crippen MR) is 126 cm³/mol. The van der Waals surface area contributed by atoms with Crippen molar-refractivity contribution < 1.29 is 14.3 Å². The largest absolute Gasteiger partial charge is 0.457 e. The molecule has 0 unspecified atom stereocenters. The van der Waals surface area contributed by atoms with Gasteiger partial charge in [0.1, 0.15) is 11.5 Å². The lowest BCUT2D eigenvalue weighted by Crippen LogP contribution is -2.43. The van der Waals surface area contributed by atoms with E-state index in [-0.39, 0.29) is 5.91 Å². The van der Waals surface area contributed by atoms with E-state index < -0.39 is 0 Å². The molecule has 1 saturated heterocycles. The zero-order valence-electron chi connectivity index (χ0n) is 18.0. The van der Waals surface area contributed by atoms with Crippen molar-refractivity contribution in [2.24, 2.45) is 0 Å². The predicted octanol–water partition coefficient (Wildman–Crippen LogP) is 5.11. The number of hydrogen-bond acceptors (Lipinski definition) is 4. The number of halogens is 1. The van der Waals surface area contributed by atoms with Gasteiger partial charge in [0.2, 0.25) is 0 Å². The fourth-order valence-electron chi connectivity index (χ4n) is 3.70. The van der Waals surface area contributed by atoms with E-state index in [1.165, 1.54) is 0 Å². The Balaban J connectivity index is 1.51. The second kappa shape index (κ2) is 11.1. The summed E-state index contributed by atoms with van der Waals surface area (Å²) >= 11 is 6.34. The van der Waals surface area contributed by atoms with Crippen LogP contribution in [0, 0.1) is 0 Å². The Morgan fingerprint density at radius 2 is 1.66 bits per heavy atom. The third-order valence-electron chi connectivity index (χ3n) is 5.43. The summed E-state index contributed by atoms with van der Waals surface area (Å²) in [6.07, 6.45) is 0. The van der Waals surface area contributed by atoms with Crippen LogP contribution in [0.2, 0.25) is 5.02 Å². The SMILES string of the molecule is O=C(c1ccccc1Cl)N(CCN1CCOCC1)Cc1cccc(Oc2ccccc2)c1. The van der Waals surface area contributed by atoms with Crippen LogP contribution in [-0.4, -0.2) is 55.1 Å². The standard InChI is InChI=1S/C26H27ClN2O3/c27-25-12-5-4-11-24(25)26(30)29(14-13-28-15-17-31-18-16-28)20-21-7-6-10-23(19-21)32-22-8-2-1-3-9-22/h1-12,19H,13-18,20H2. The number of morpholine rings is 1. The Morgan fingerprint density at radius 3 is 2.44 bits per heavy atom. The molecule has 0 atom stereocenters. The molecule has 4 rings (SSSR count). The summed E-state index contributed by atoms with van der Waals surface area (Å²) in [7, 11) is 0. The molecule has 0 aliphatic carbocycles. The smallest absolute Gasteiger partial charge is 0.255 e. The second-order valence-electron chi connectivity index (χ2n) is 7.72. The molecule has 0 bridgehead atoms. The molecule has 1 aliphatic heterocycles. The van der Waals surface area contributed by atoms with Crippen LogP contribution in [0.15, 0.2) is 78.9 Å². The number of rotatable bonds is 8. The van der Waals surface area contributed by atoms with Gasteiger partial charge in [-0.1, -0.05) is 54.1 Å². The maximum atomic E-state index is 13.4. The van der Waals surface area contributed by atoms with Gasteiger partial charge in [0.25, 0.3) is 5.91 Å². The quantitative estimate of drug-likeness (QED) is 0.478. The number of amides is 1. The van der Waals surface area contributed by atoms with Gasteiger partial charge in [0.15, 0.2) is 0 Å². The lowest BCUT2D eigenvalue weighted by Gasteiger charge is -2.30. The van der Waals surface area contributed by atoms with E-state index in [0.717, 1.165) is 49.9 Å². The first kappa shape index (κ1) is 22.3. The second-order valence-corrected chi connectivity index (χ2v) is 8.13. The van der Waals surface area contributed by atoms with Crippen molar-refractivity contribution in [1.82, 2.24) is 9.80 Å². The minimum Gasteiger partial charge on any atom is -0.457 e. The van der Waals surface area contributed by atoms with Crippen LogP contribution < -0.4 is 4.74 Å². The third-order valence-corrected chi connectivity index (χ3v) is 5.76. The maximum absolute atomic E-state index is 13.4. The van der Waals surface area contributed by atoms with Gasteiger partial charge < -0.3 is 14.4 Å². The normalized spacial score (nSPS) is 14.2. The number of carbonyl (C=O) groups excluding carboxylic acids is 1. The van der Waals surface area contributed by atoms with E-state index in [1.807, 2.05) is 71.6 Å². The molecule has 3 aromatic carbocycles. The van der Waals surface area contributed by atoms with Crippen LogP contribution in [0.5, 0.6) is 11.5 Å². The maximum Gasteiger partial charge on any atom is 0.255 e. The van der Waals surface area contributed by atoms with Gasteiger partial charge >= 0.3 is 0 Å². The molecule has 0 N–H and O–H groups in total. The first-order chi connectivity index (χ1) is 15.7. The van der Waals surface area contributed by atoms with Crippen LogP contribution in [0.3, 0.4) is 0 Å². The number of carbonyl (C=O) groups is 1. The lowest BCUT2D eigenvalue weighted by atomic mass is 10.1. The van der Waals surface area contributed by atoms with Crippen molar-refractivity contribution >= 4 is 17.5 Å². The highest BCUT2D eigenvalue weighted by Crippen LogP contribution is 2.24. The summed E-state index contributed by atoms with van der Waals surface area (Å²) in [5, 5.41) is 0.468. The van der Waals surface area contributed by atoms with Gasteiger partial charge in [-0.05, 0) is 42.0 Å². The van der Waals surface area contributed by atoms with Crippen molar-refractivity contribution in [2.45, 2.75) is 6.54 Å². The molecule has 166 valence electrons. The summed E-state index contributed by atoms with van der Waals surface area (Å²) in [6.45, 7) is 5.10. The fourth-order valence-corrected chi connectivity index (χ4v) is 3.91. The molecule has 3 aromatic rings. The number of hydrogen-bond donors (Lipinski definition) is 0. The Bertz CT molecular complexity index is 1020. The first-order valence-corrected chi connectivity index (χ1v) is 11.2. The number of benzene rings is 3. The van der Waals surface area contributed by atoms with Crippen LogP contribution in [0.4, 0.5) is 0 Å². The van der Waals surface area contributed by atoms with Crippen LogP contribution in [0.25, 0.3) is 0 Å². The van der Waals surface area contributed by atoms with E-state index >= 15 is 0 Å². The van der Waals surface area contributed by atoms with Gasteiger partial charge in [-0.3, -0.25) is 9.69 Å². The Hall–Kier alpha value is -2.86. The molecule has 0 spiro atoms. The topological polar surface area (TPSA) is 42.0 Å². The summed E-state index contributed by atoms with van der Waals surface area (Å²) in [5.74, 6) is 1.45. The first-order valence-electron chi connectivity index (χ1n) is 10.8. The molecule has 1 heterocycles. The van der Waals surface area contributed by atoms with Gasteiger partial charge in [-0.2, -0.15) is 0 Å². The van der Waals surface area contributed by atoms with Crippen LogP contribution in [0.1, 0.15) is 15.9 Å². The average Bonchev–Trinajstić information content (AvgIpc) is 2.83. The highest BCUT2D eigenvalue weighted by Gasteiger charge is 2.20. The molecule has 1 aliphatic rings. The average molecular weight is 451 g/mol. The Kier molecular flexibility index (Phi) is 7.77. The number of nitrogens with zero attached hydrogens (tertiary/aromatic N) is 2. The molecule has 1 fully saturated rings. The van der Waals surface area contributed by atoms with Crippen molar-refractivity contribution in [3.05, 3.63) is 95.0 Å². The third kappa shape index (κ3) is 6.10. The number of ether oxygens (including phenoxy) is 2. The molecule has 32 heavy (non-hydrogen) atoms. The van der Waals surface area contributed by atoms with E-state index in [2.05, 4.69) is 4.90 Å².